The molecule has 0 bridgehead atoms. The predicted molar refractivity (Wildman–Crippen MR) is 67.8 cm³/mol. The van der Waals surface area contributed by atoms with Crippen LogP contribution >= 0.6 is 0 Å². The molecule has 0 aromatic heterocycles. The number of sulfonamides is 1. The molecule has 0 saturated heterocycles. The van der Waals surface area contributed by atoms with E-state index in [4.69, 9.17) is 5.11 Å². The van der Waals surface area contributed by atoms with Crippen LogP contribution in [0.4, 0.5) is 0 Å². The molecular formula is C12H21NO4S. The fourth-order valence-electron chi connectivity index (χ4n) is 3.24. The first-order valence-corrected chi connectivity index (χ1v) is 8.23. The van der Waals surface area contributed by atoms with Crippen LogP contribution in [0.3, 0.4) is 0 Å². The van der Waals surface area contributed by atoms with Gasteiger partial charge in [0.15, 0.2) is 0 Å². The fourth-order valence-corrected chi connectivity index (χ4v) is 5.24. The summed E-state index contributed by atoms with van der Waals surface area (Å²) < 4.78 is 27.3. The lowest BCUT2D eigenvalue weighted by Crippen LogP contribution is -2.50. The quantitative estimate of drug-likeness (QED) is 0.799. The van der Waals surface area contributed by atoms with E-state index in [1.807, 2.05) is 0 Å². The van der Waals surface area contributed by atoms with E-state index in [1.54, 1.807) is 0 Å². The first-order valence-electron chi connectivity index (χ1n) is 6.68. The zero-order chi connectivity index (χ0) is 13.2. The van der Waals surface area contributed by atoms with E-state index in [0.29, 0.717) is 25.7 Å². The van der Waals surface area contributed by atoms with Gasteiger partial charge in [0.1, 0.15) is 0 Å². The molecule has 0 spiro atoms. The van der Waals surface area contributed by atoms with Gasteiger partial charge in [-0.3, -0.25) is 4.79 Å². The van der Waals surface area contributed by atoms with Gasteiger partial charge in [-0.2, -0.15) is 0 Å². The number of hydrogen-bond donors (Lipinski definition) is 2. The van der Waals surface area contributed by atoms with Crippen molar-refractivity contribution >= 4 is 16.0 Å². The van der Waals surface area contributed by atoms with Crippen LogP contribution in [-0.2, 0) is 14.8 Å². The molecule has 0 aromatic rings. The SMILES string of the molecule is O=C(O)CC1(NS(=O)(=O)C2CCCC2)CCCC1. The lowest BCUT2D eigenvalue weighted by atomic mass is 9.95. The smallest absolute Gasteiger partial charge is 0.305 e. The zero-order valence-electron chi connectivity index (χ0n) is 10.5. The van der Waals surface area contributed by atoms with Crippen molar-refractivity contribution in [1.82, 2.24) is 4.72 Å². The van der Waals surface area contributed by atoms with Crippen LogP contribution in [0.15, 0.2) is 0 Å². The molecule has 104 valence electrons. The Bertz CT molecular complexity index is 406. The van der Waals surface area contributed by atoms with E-state index >= 15 is 0 Å². The molecule has 2 aliphatic rings. The third-order valence-corrected chi connectivity index (χ3v) is 6.22. The fraction of sp³-hybridized carbons (Fsp3) is 0.917. The average molecular weight is 275 g/mol. The highest BCUT2D eigenvalue weighted by Crippen LogP contribution is 2.35. The van der Waals surface area contributed by atoms with E-state index in [1.165, 1.54) is 0 Å². The molecule has 0 unspecified atom stereocenters. The highest BCUT2D eigenvalue weighted by molar-refractivity contribution is 7.90. The summed E-state index contributed by atoms with van der Waals surface area (Å²) in [6.45, 7) is 0. The van der Waals surface area contributed by atoms with Crippen LogP contribution in [0, 0.1) is 0 Å². The molecular weight excluding hydrogens is 254 g/mol. The second kappa shape index (κ2) is 5.17. The van der Waals surface area contributed by atoms with Crippen LogP contribution in [0.2, 0.25) is 0 Å². The van der Waals surface area contributed by atoms with Gasteiger partial charge in [0.2, 0.25) is 10.0 Å². The van der Waals surface area contributed by atoms with Gasteiger partial charge in [-0.25, -0.2) is 13.1 Å². The molecule has 2 aliphatic carbocycles. The van der Waals surface area contributed by atoms with Crippen LogP contribution in [0.1, 0.15) is 57.8 Å². The Morgan fingerprint density at radius 2 is 1.72 bits per heavy atom. The Balaban J connectivity index is 2.10. The molecule has 2 fully saturated rings. The maximum Gasteiger partial charge on any atom is 0.305 e. The molecule has 0 atom stereocenters. The third-order valence-electron chi connectivity index (χ3n) is 4.15. The van der Waals surface area contributed by atoms with Crippen molar-refractivity contribution in [1.29, 1.82) is 0 Å². The van der Waals surface area contributed by atoms with Gasteiger partial charge >= 0.3 is 5.97 Å². The van der Waals surface area contributed by atoms with Crippen molar-refractivity contribution < 1.29 is 18.3 Å². The maximum absolute atomic E-state index is 12.3. The Morgan fingerprint density at radius 3 is 2.22 bits per heavy atom. The van der Waals surface area contributed by atoms with E-state index in [0.717, 1.165) is 25.7 Å². The Kier molecular flexibility index (Phi) is 3.96. The minimum atomic E-state index is -3.36. The number of carboxylic acid groups (broad SMARTS) is 1. The highest BCUT2D eigenvalue weighted by atomic mass is 32.2. The molecule has 0 aliphatic heterocycles. The molecule has 6 heteroatoms. The largest absolute Gasteiger partial charge is 0.481 e. The van der Waals surface area contributed by atoms with E-state index < -0.39 is 21.5 Å². The Hall–Kier alpha value is -0.620. The van der Waals surface area contributed by atoms with Crippen LogP contribution < -0.4 is 4.72 Å². The van der Waals surface area contributed by atoms with Gasteiger partial charge in [0.25, 0.3) is 0 Å². The summed E-state index contributed by atoms with van der Waals surface area (Å²) in [4.78, 5) is 10.9. The monoisotopic (exact) mass is 275 g/mol. The number of nitrogens with one attached hydrogen (secondary N) is 1. The summed E-state index contributed by atoms with van der Waals surface area (Å²) >= 11 is 0. The topological polar surface area (TPSA) is 83.5 Å². The second-order valence-electron chi connectivity index (χ2n) is 5.61. The van der Waals surface area contributed by atoms with Gasteiger partial charge in [-0.05, 0) is 25.7 Å². The Morgan fingerprint density at radius 1 is 1.17 bits per heavy atom. The predicted octanol–water partition coefficient (Wildman–Crippen LogP) is 1.64. The molecule has 0 heterocycles. The minimum absolute atomic E-state index is 0.0983. The average Bonchev–Trinajstić information content (AvgIpc) is 2.86. The lowest BCUT2D eigenvalue weighted by Gasteiger charge is -2.29. The summed E-state index contributed by atoms with van der Waals surface area (Å²) in [6.07, 6.45) is 6.32. The summed E-state index contributed by atoms with van der Waals surface area (Å²) in [7, 11) is -3.36. The molecule has 2 N–H and O–H groups in total. The molecule has 0 aromatic carbocycles. The van der Waals surface area contributed by atoms with Crippen LogP contribution in [0.25, 0.3) is 0 Å². The van der Waals surface area contributed by atoms with Crippen molar-refractivity contribution in [2.75, 3.05) is 0 Å². The van der Waals surface area contributed by atoms with Gasteiger partial charge in [0.05, 0.1) is 11.7 Å². The third kappa shape index (κ3) is 3.03. The van der Waals surface area contributed by atoms with Gasteiger partial charge < -0.3 is 5.11 Å². The van der Waals surface area contributed by atoms with E-state index in [9.17, 15) is 13.2 Å². The first-order chi connectivity index (χ1) is 8.44. The number of carboxylic acids is 1. The van der Waals surface area contributed by atoms with Crippen LogP contribution in [0.5, 0.6) is 0 Å². The summed E-state index contributed by atoms with van der Waals surface area (Å²) in [5.41, 5.74) is -0.729. The van der Waals surface area contributed by atoms with E-state index in [2.05, 4.69) is 4.72 Å². The first kappa shape index (κ1) is 13.8. The zero-order valence-corrected chi connectivity index (χ0v) is 11.3. The Labute approximate surface area is 108 Å². The molecule has 2 rings (SSSR count). The summed E-state index contributed by atoms with van der Waals surface area (Å²) in [6, 6.07) is 0. The second-order valence-corrected chi connectivity index (χ2v) is 7.57. The number of aliphatic carboxylic acids is 1. The van der Waals surface area contributed by atoms with Gasteiger partial charge in [-0.15, -0.1) is 0 Å². The number of carbonyl (C=O) groups is 1. The highest BCUT2D eigenvalue weighted by Gasteiger charge is 2.42. The lowest BCUT2D eigenvalue weighted by molar-refractivity contribution is -0.138. The van der Waals surface area contributed by atoms with E-state index in [-0.39, 0.29) is 11.7 Å². The van der Waals surface area contributed by atoms with Crippen molar-refractivity contribution in [2.24, 2.45) is 0 Å². The molecule has 0 amide bonds. The molecule has 0 radical (unpaired) electrons. The maximum atomic E-state index is 12.3. The summed E-state index contributed by atoms with van der Waals surface area (Å²) in [5.74, 6) is -0.925. The molecule has 2 saturated carbocycles. The number of rotatable bonds is 5. The van der Waals surface area contributed by atoms with Crippen LogP contribution in [-0.4, -0.2) is 30.3 Å². The van der Waals surface area contributed by atoms with Crippen molar-refractivity contribution in [2.45, 2.75) is 68.6 Å². The van der Waals surface area contributed by atoms with Gasteiger partial charge in [-0.1, -0.05) is 25.7 Å². The summed E-state index contributed by atoms with van der Waals surface area (Å²) in [5, 5.41) is 8.65. The molecule has 5 nitrogen and oxygen atoms in total. The van der Waals surface area contributed by atoms with Crippen molar-refractivity contribution in [3.05, 3.63) is 0 Å². The van der Waals surface area contributed by atoms with Gasteiger partial charge in [0, 0.05) is 5.54 Å². The minimum Gasteiger partial charge on any atom is -0.481 e. The van der Waals surface area contributed by atoms with Crippen molar-refractivity contribution in [3.63, 3.8) is 0 Å². The normalized spacial score (nSPS) is 24.4. The molecule has 18 heavy (non-hydrogen) atoms. The van der Waals surface area contributed by atoms with Crippen molar-refractivity contribution in [3.8, 4) is 0 Å². The standard InChI is InChI=1S/C12H21NO4S/c14-11(15)9-12(7-3-4-8-12)13-18(16,17)10-5-1-2-6-10/h10,13H,1-9H2,(H,14,15). The number of hydrogen-bond acceptors (Lipinski definition) is 3.